The van der Waals surface area contributed by atoms with Gasteiger partial charge in [0.1, 0.15) is 6.54 Å². The highest BCUT2D eigenvalue weighted by Gasteiger charge is 2.25. The molecule has 92 valence electrons. The van der Waals surface area contributed by atoms with Gasteiger partial charge in [0, 0.05) is 0 Å². The standard InChI is InChI=1S/C11H9N3O4/c15-9-6-14(11(18)13-9)12-5-7-1-3-8(4-2-7)10(16)17/h1-5H,6H2,(H,16,17)(H,13,15,18). The molecule has 1 aromatic carbocycles. The van der Waals surface area contributed by atoms with E-state index in [1.54, 1.807) is 12.1 Å². The average molecular weight is 247 g/mol. The third-order valence-electron chi connectivity index (χ3n) is 2.28. The van der Waals surface area contributed by atoms with Crippen molar-refractivity contribution in [3.63, 3.8) is 0 Å². The quantitative estimate of drug-likeness (QED) is 0.591. The number of rotatable bonds is 3. The molecule has 1 aliphatic rings. The summed E-state index contributed by atoms with van der Waals surface area (Å²) in [4.78, 5) is 32.7. The maximum atomic E-state index is 11.2. The van der Waals surface area contributed by atoms with Gasteiger partial charge in [-0.25, -0.2) is 14.6 Å². The predicted molar refractivity (Wildman–Crippen MR) is 61.2 cm³/mol. The number of urea groups is 1. The number of nitrogens with zero attached hydrogens (tertiary/aromatic N) is 2. The van der Waals surface area contributed by atoms with E-state index in [0.717, 1.165) is 5.01 Å². The molecule has 0 saturated carbocycles. The van der Waals surface area contributed by atoms with Crippen LogP contribution in [0.2, 0.25) is 0 Å². The normalized spacial score (nSPS) is 15.2. The van der Waals surface area contributed by atoms with Crippen LogP contribution >= 0.6 is 0 Å². The third kappa shape index (κ3) is 2.51. The molecule has 7 nitrogen and oxygen atoms in total. The second kappa shape index (κ2) is 4.66. The van der Waals surface area contributed by atoms with Crippen LogP contribution in [0.1, 0.15) is 15.9 Å². The Morgan fingerprint density at radius 1 is 1.33 bits per heavy atom. The van der Waals surface area contributed by atoms with E-state index in [1.807, 2.05) is 0 Å². The van der Waals surface area contributed by atoms with Crippen molar-refractivity contribution in [2.45, 2.75) is 0 Å². The van der Waals surface area contributed by atoms with Gasteiger partial charge in [-0.15, -0.1) is 0 Å². The fourth-order valence-electron chi connectivity index (χ4n) is 1.37. The lowest BCUT2D eigenvalue weighted by Gasteiger charge is -2.04. The zero-order valence-corrected chi connectivity index (χ0v) is 9.16. The van der Waals surface area contributed by atoms with E-state index in [1.165, 1.54) is 18.3 Å². The van der Waals surface area contributed by atoms with Crippen molar-refractivity contribution in [3.05, 3.63) is 35.4 Å². The number of benzene rings is 1. The van der Waals surface area contributed by atoms with E-state index in [9.17, 15) is 14.4 Å². The molecular formula is C11H9N3O4. The van der Waals surface area contributed by atoms with Crippen molar-refractivity contribution in [3.8, 4) is 0 Å². The molecule has 0 spiro atoms. The van der Waals surface area contributed by atoms with Crippen LogP contribution in [-0.4, -0.2) is 40.8 Å². The van der Waals surface area contributed by atoms with Crippen molar-refractivity contribution in [2.75, 3.05) is 6.54 Å². The lowest BCUT2D eigenvalue weighted by atomic mass is 10.1. The molecule has 2 rings (SSSR count). The Labute approximate surface area is 102 Å². The Morgan fingerprint density at radius 2 is 2.00 bits per heavy atom. The highest BCUT2D eigenvalue weighted by atomic mass is 16.4. The number of hydrazone groups is 1. The van der Waals surface area contributed by atoms with Crippen LogP contribution < -0.4 is 5.32 Å². The molecule has 0 unspecified atom stereocenters. The van der Waals surface area contributed by atoms with E-state index in [2.05, 4.69) is 10.4 Å². The Hall–Kier alpha value is -2.70. The molecule has 1 heterocycles. The van der Waals surface area contributed by atoms with Gasteiger partial charge in [0.05, 0.1) is 11.8 Å². The van der Waals surface area contributed by atoms with Crippen molar-refractivity contribution in [1.82, 2.24) is 10.3 Å². The molecule has 0 radical (unpaired) electrons. The van der Waals surface area contributed by atoms with Gasteiger partial charge < -0.3 is 5.11 Å². The van der Waals surface area contributed by atoms with Crippen molar-refractivity contribution >= 4 is 24.1 Å². The first kappa shape index (κ1) is 11.8. The highest BCUT2D eigenvalue weighted by molar-refractivity contribution is 6.02. The molecule has 2 N–H and O–H groups in total. The van der Waals surface area contributed by atoms with E-state index in [4.69, 9.17) is 5.11 Å². The molecule has 7 heteroatoms. The lowest BCUT2D eigenvalue weighted by Crippen LogP contribution is -2.24. The van der Waals surface area contributed by atoms with Gasteiger partial charge in [0.15, 0.2) is 0 Å². The molecule has 18 heavy (non-hydrogen) atoms. The molecule has 3 amide bonds. The van der Waals surface area contributed by atoms with Crippen LogP contribution in [0.3, 0.4) is 0 Å². The number of carbonyl (C=O) groups excluding carboxylic acids is 2. The summed E-state index contributed by atoms with van der Waals surface area (Å²) in [5.74, 6) is -1.42. The summed E-state index contributed by atoms with van der Waals surface area (Å²) in [7, 11) is 0. The van der Waals surface area contributed by atoms with Gasteiger partial charge in [0.2, 0.25) is 5.91 Å². The van der Waals surface area contributed by atoms with Crippen LogP contribution in [0.15, 0.2) is 29.4 Å². The van der Waals surface area contributed by atoms with Crippen molar-refractivity contribution in [2.24, 2.45) is 5.10 Å². The second-order valence-corrected chi connectivity index (χ2v) is 3.58. The van der Waals surface area contributed by atoms with Crippen LogP contribution in [0, 0.1) is 0 Å². The van der Waals surface area contributed by atoms with E-state index < -0.39 is 17.9 Å². The number of carboxylic acid groups (broad SMARTS) is 1. The zero-order valence-electron chi connectivity index (χ0n) is 9.16. The Balaban J connectivity index is 2.07. The third-order valence-corrected chi connectivity index (χ3v) is 2.28. The maximum Gasteiger partial charge on any atom is 0.344 e. The van der Waals surface area contributed by atoms with Gasteiger partial charge >= 0.3 is 12.0 Å². The first-order chi connectivity index (χ1) is 8.56. The summed E-state index contributed by atoms with van der Waals surface area (Å²) in [5.41, 5.74) is 0.799. The smallest absolute Gasteiger partial charge is 0.344 e. The summed E-state index contributed by atoms with van der Waals surface area (Å²) in [5, 5.41) is 15.6. The minimum atomic E-state index is -1.01. The van der Waals surface area contributed by atoms with Crippen LogP contribution in [-0.2, 0) is 4.79 Å². The molecule has 1 aromatic rings. The van der Waals surface area contributed by atoms with Gasteiger partial charge in [-0.3, -0.25) is 10.1 Å². The fraction of sp³-hybridized carbons (Fsp3) is 0.0909. The van der Waals surface area contributed by atoms with Crippen LogP contribution in [0.5, 0.6) is 0 Å². The fourth-order valence-corrected chi connectivity index (χ4v) is 1.37. The molecule has 0 aliphatic carbocycles. The summed E-state index contributed by atoms with van der Waals surface area (Å²) >= 11 is 0. The predicted octanol–water partition coefficient (Wildman–Crippen LogP) is 0.270. The summed E-state index contributed by atoms with van der Waals surface area (Å²) in [6.07, 6.45) is 1.38. The van der Waals surface area contributed by atoms with Gasteiger partial charge in [-0.2, -0.15) is 5.10 Å². The van der Waals surface area contributed by atoms with Crippen molar-refractivity contribution in [1.29, 1.82) is 0 Å². The highest BCUT2D eigenvalue weighted by Crippen LogP contribution is 2.04. The number of hydrogen-bond acceptors (Lipinski definition) is 4. The largest absolute Gasteiger partial charge is 0.478 e. The minimum absolute atomic E-state index is 0.109. The summed E-state index contributed by atoms with van der Waals surface area (Å²) in [6, 6.07) is 5.40. The maximum absolute atomic E-state index is 11.2. The first-order valence-electron chi connectivity index (χ1n) is 5.05. The van der Waals surface area contributed by atoms with E-state index in [-0.39, 0.29) is 12.1 Å². The number of amides is 3. The SMILES string of the molecule is O=C1CN(N=Cc2ccc(C(=O)O)cc2)C(=O)N1. The number of hydrogen-bond donors (Lipinski definition) is 2. The molecule has 0 aromatic heterocycles. The van der Waals surface area contributed by atoms with Crippen LogP contribution in [0.4, 0.5) is 4.79 Å². The summed E-state index contributed by atoms with van der Waals surface area (Å²) < 4.78 is 0. The molecule has 1 saturated heterocycles. The Bertz CT molecular complexity index is 536. The van der Waals surface area contributed by atoms with Crippen LogP contribution in [0.25, 0.3) is 0 Å². The second-order valence-electron chi connectivity index (χ2n) is 3.58. The first-order valence-corrected chi connectivity index (χ1v) is 5.05. The van der Waals surface area contributed by atoms with Gasteiger partial charge in [0.25, 0.3) is 0 Å². The minimum Gasteiger partial charge on any atom is -0.478 e. The molecular weight excluding hydrogens is 238 g/mol. The molecule has 0 bridgehead atoms. The van der Waals surface area contributed by atoms with Gasteiger partial charge in [-0.1, -0.05) is 12.1 Å². The Morgan fingerprint density at radius 3 is 2.50 bits per heavy atom. The van der Waals surface area contributed by atoms with E-state index >= 15 is 0 Å². The van der Waals surface area contributed by atoms with Crippen molar-refractivity contribution < 1.29 is 19.5 Å². The average Bonchev–Trinajstić information content (AvgIpc) is 2.66. The number of nitrogens with one attached hydrogen (secondary N) is 1. The lowest BCUT2D eigenvalue weighted by molar-refractivity contribution is -0.118. The van der Waals surface area contributed by atoms with Gasteiger partial charge in [-0.05, 0) is 17.7 Å². The zero-order chi connectivity index (χ0) is 13.1. The monoisotopic (exact) mass is 247 g/mol. The Kier molecular flexibility index (Phi) is 3.05. The van der Waals surface area contributed by atoms with E-state index in [0.29, 0.717) is 5.56 Å². The topological polar surface area (TPSA) is 99.1 Å². The summed E-state index contributed by atoms with van der Waals surface area (Å²) in [6.45, 7) is -0.109. The number of aromatic carboxylic acids is 1. The number of carbonyl (C=O) groups is 3. The number of carboxylic acids is 1. The molecule has 0 atom stereocenters. The molecule has 1 fully saturated rings. The molecule has 1 aliphatic heterocycles. The number of imide groups is 1.